The summed E-state index contributed by atoms with van der Waals surface area (Å²) < 4.78 is 5.97. The van der Waals surface area contributed by atoms with Gasteiger partial charge < -0.3 is 15.1 Å². The fourth-order valence-electron chi connectivity index (χ4n) is 2.43. The van der Waals surface area contributed by atoms with Crippen molar-refractivity contribution in [2.24, 2.45) is 0 Å². The highest BCUT2D eigenvalue weighted by atomic mass is 79.9. The SMILES string of the molecule is Cc1cccc(NC(=O)/C(=C/c2cccc(Br)c2)NC(=O)c2ccco2)c1. The summed E-state index contributed by atoms with van der Waals surface area (Å²) in [5, 5.41) is 5.43. The highest BCUT2D eigenvalue weighted by Gasteiger charge is 2.16. The molecule has 2 amide bonds. The van der Waals surface area contributed by atoms with Crippen molar-refractivity contribution in [2.75, 3.05) is 5.32 Å². The van der Waals surface area contributed by atoms with E-state index >= 15 is 0 Å². The standard InChI is InChI=1S/C21H17BrN2O3/c1-14-5-2-8-17(11-14)23-20(25)18(13-15-6-3-7-16(22)12-15)24-21(26)19-9-4-10-27-19/h2-13H,1H3,(H,23,25)(H,24,26)/b18-13-. The van der Waals surface area contributed by atoms with Crippen LogP contribution >= 0.6 is 15.9 Å². The van der Waals surface area contributed by atoms with Crippen LogP contribution in [0.2, 0.25) is 0 Å². The number of carbonyl (C=O) groups excluding carboxylic acids is 2. The van der Waals surface area contributed by atoms with Gasteiger partial charge in [0.05, 0.1) is 6.26 Å². The minimum absolute atomic E-state index is 0.107. The van der Waals surface area contributed by atoms with Crippen LogP contribution in [0.15, 0.2) is 81.5 Å². The van der Waals surface area contributed by atoms with E-state index in [-0.39, 0.29) is 11.5 Å². The van der Waals surface area contributed by atoms with Crippen LogP contribution < -0.4 is 10.6 Å². The molecule has 0 atom stereocenters. The summed E-state index contributed by atoms with van der Waals surface area (Å²) in [6, 6.07) is 18.0. The van der Waals surface area contributed by atoms with Crippen LogP contribution in [0.4, 0.5) is 5.69 Å². The summed E-state index contributed by atoms with van der Waals surface area (Å²) in [7, 11) is 0. The molecule has 0 aliphatic carbocycles. The first kappa shape index (κ1) is 18.7. The Morgan fingerprint density at radius 1 is 1.04 bits per heavy atom. The topological polar surface area (TPSA) is 71.3 Å². The average Bonchev–Trinajstić information content (AvgIpc) is 3.16. The van der Waals surface area contributed by atoms with Crippen molar-refractivity contribution < 1.29 is 14.0 Å². The molecule has 6 heteroatoms. The normalized spacial score (nSPS) is 11.1. The molecule has 136 valence electrons. The Labute approximate surface area is 165 Å². The Kier molecular flexibility index (Phi) is 5.88. The van der Waals surface area contributed by atoms with Crippen molar-refractivity contribution in [3.8, 4) is 0 Å². The van der Waals surface area contributed by atoms with Gasteiger partial charge in [0.1, 0.15) is 5.70 Å². The third-order valence-corrected chi connectivity index (χ3v) is 4.17. The molecule has 5 nitrogen and oxygen atoms in total. The molecule has 0 spiro atoms. The number of carbonyl (C=O) groups is 2. The third kappa shape index (κ3) is 5.18. The van der Waals surface area contributed by atoms with E-state index in [9.17, 15) is 9.59 Å². The van der Waals surface area contributed by atoms with Crippen LogP contribution in [0.1, 0.15) is 21.7 Å². The van der Waals surface area contributed by atoms with Gasteiger partial charge in [0.15, 0.2) is 5.76 Å². The smallest absolute Gasteiger partial charge is 0.291 e. The van der Waals surface area contributed by atoms with Gasteiger partial charge in [-0.1, -0.05) is 40.2 Å². The fraction of sp³-hybridized carbons (Fsp3) is 0.0476. The molecule has 0 radical (unpaired) electrons. The molecule has 3 aromatic rings. The number of benzene rings is 2. The second kappa shape index (κ2) is 8.51. The Morgan fingerprint density at radius 2 is 1.85 bits per heavy atom. The minimum atomic E-state index is -0.499. The molecule has 2 aromatic carbocycles. The molecular formula is C21H17BrN2O3. The van der Waals surface area contributed by atoms with E-state index < -0.39 is 11.8 Å². The van der Waals surface area contributed by atoms with E-state index in [4.69, 9.17) is 4.42 Å². The van der Waals surface area contributed by atoms with Crippen LogP contribution in [0.25, 0.3) is 6.08 Å². The van der Waals surface area contributed by atoms with E-state index in [0.29, 0.717) is 5.69 Å². The van der Waals surface area contributed by atoms with Crippen molar-refractivity contribution in [2.45, 2.75) is 6.92 Å². The van der Waals surface area contributed by atoms with E-state index in [2.05, 4.69) is 26.6 Å². The van der Waals surface area contributed by atoms with Gasteiger partial charge >= 0.3 is 0 Å². The van der Waals surface area contributed by atoms with E-state index in [1.165, 1.54) is 12.3 Å². The number of furan rings is 1. The van der Waals surface area contributed by atoms with Gasteiger partial charge in [-0.05, 0) is 60.5 Å². The number of hydrogen-bond acceptors (Lipinski definition) is 3. The lowest BCUT2D eigenvalue weighted by Gasteiger charge is -2.11. The van der Waals surface area contributed by atoms with Gasteiger partial charge in [0.2, 0.25) is 0 Å². The number of halogens is 1. The zero-order valence-electron chi connectivity index (χ0n) is 14.5. The molecule has 1 aromatic heterocycles. The van der Waals surface area contributed by atoms with E-state index in [1.807, 2.05) is 49.4 Å². The van der Waals surface area contributed by atoms with E-state index in [0.717, 1.165) is 15.6 Å². The van der Waals surface area contributed by atoms with Gasteiger partial charge in [0.25, 0.3) is 11.8 Å². The molecule has 0 saturated heterocycles. The first-order chi connectivity index (χ1) is 13.0. The molecule has 2 N–H and O–H groups in total. The van der Waals surface area contributed by atoms with Crippen molar-refractivity contribution >= 4 is 39.5 Å². The van der Waals surface area contributed by atoms with Gasteiger partial charge in [-0.15, -0.1) is 0 Å². The number of anilines is 1. The van der Waals surface area contributed by atoms with Crippen LogP contribution in [-0.4, -0.2) is 11.8 Å². The number of rotatable bonds is 5. The quantitative estimate of drug-likeness (QED) is 0.579. The maximum Gasteiger partial charge on any atom is 0.291 e. The number of hydrogen-bond donors (Lipinski definition) is 2. The highest BCUT2D eigenvalue weighted by molar-refractivity contribution is 9.10. The van der Waals surface area contributed by atoms with Crippen LogP contribution in [-0.2, 0) is 4.79 Å². The summed E-state index contributed by atoms with van der Waals surface area (Å²) in [6.07, 6.45) is 3.01. The van der Waals surface area contributed by atoms with Crippen molar-refractivity contribution in [3.63, 3.8) is 0 Å². The summed E-state index contributed by atoms with van der Waals surface area (Å²) in [5.41, 5.74) is 2.53. The second-order valence-corrected chi connectivity index (χ2v) is 6.78. The highest BCUT2D eigenvalue weighted by Crippen LogP contribution is 2.16. The molecule has 0 aliphatic rings. The maximum absolute atomic E-state index is 12.8. The molecule has 3 rings (SSSR count). The third-order valence-electron chi connectivity index (χ3n) is 3.67. The van der Waals surface area contributed by atoms with Gasteiger partial charge in [-0.2, -0.15) is 0 Å². The Hall–Kier alpha value is -3.12. The molecule has 1 heterocycles. The summed E-state index contributed by atoms with van der Waals surface area (Å²) in [4.78, 5) is 25.1. The largest absolute Gasteiger partial charge is 0.459 e. The fourth-order valence-corrected chi connectivity index (χ4v) is 2.85. The lowest BCUT2D eigenvalue weighted by atomic mass is 10.1. The first-order valence-electron chi connectivity index (χ1n) is 8.21. The maximum atomic E-state index is 12.8. The van der Waals surface area contributed by atoms with Crippen molar-refractivity contribution in [1.82, 2.24) is 5.32 Å². The van der Waals surface area contributed by atoms with Crippen molar-refractivity contribution in [3.05, 3.63) is 94.0 Å². The minimum Gasteiger partial charge on any atom is -0.459 e. The van der Waals surface area contributed by atoms with Crippen LogP contribution in [0.3, 0.4) is 0 Å². The number of aryl methyl sites for hydroxylation is 1. The number of nitrogens with one attached hydrogen (secondary N) is 2. The molecule has 0 fully saturated rings. The van der Waals surface area contributed by atoms with Crippen molar-refractivity contribution in [1.29, 1.82) is 0 Å². The molecule has 27 heavy (non-hydrogen) atoms. The predicted molar refractivity (Wildman–Crippen MR) is 108 cm³/mol. The van der Waals surface area contributed by atoms with Gasteiger partial charge in [-0.3, -0.25) is 9.59 Å². The lowest BCUT2D eigenvalue weighted by Crippen LogP contribution is -2.30. The zero-order valence-corrected chi connectivity index (χ0v) is 16.1. The Bertz CT molecular complexity index is 994. The van der Waals surface area contributed by atoms with Gasteiger partial charge in [0, 0.05) is 10.2 Å². The Balaban J connectivity index is 1.88. The molecular weight excluding hydrogens is 408 g/mol. The summed E-state index contributed by atoms with van der Waals surface area (Å²) in [6.45, 7) is 1.94. The molecule has 0 bridgehead atoms. The predicted octanol–water partition coefficient (Wildman–Crippen LogP) is 4.76. The molecule has 0 aliphatic heterocycles. The summed E-state index contributed by atoms with van der Waals surface area (Å²) >= 11 is 3.40. The number of amides is 2. The van der Waals surface area contributed by atoms with Crippen LogP contribution in [0, 0.1) is 6.92 Å². The zero-order chi connectivity index (χ0) is 19.2. The lowest BCUT2D eigenvalue weighted by molar-refractivity contribution is -0.113. The van der Waals surface area contributed by atoms with Gasteiger partial charge in [-0.25, -0.2) is 0 Å². The molecule has 0 unspecified atom stereocenters. The van der Waals surface area contributed by atoms with E-state index in [1.54, 1.807) is 18.2 Å². The molecule has 0 saturated carbocycles. The van der Waals surface area contributed by atoms with Crippen LogP contribution in [0.5, 0.6) is 0 Å². The monoisotopic (exact) mass is 424 g/mol. The first-order valence-corrected chi connectivity index (χ1v) is 9.01. The average molecular weight is 425 g/mol. The second-order valence-electron chi connectivity index (χ2n) is 5.87. The Morgan fingerprint density at radius 3 is 2.56 bits per heavy atom. The summed E-state index contributed by atoms with van der Waals surface area (Å²) in [5.74, 6) is -0.806.